The molecule has 0 unspecified atom stereocenters. The number of ether oxygens (including phenoxy) is 1. The van der Waals surface area contributed by atoms with Crippen LogP contribution in [0.1, 0.15) is 26.3 Å². The second-order valence-electron chi connectivity index (χ2n) is 6.68. The van der Waals surface area contributed by atoms with Crippen LogP contribution in [0.4, 0.5) is 0 Å². The Morgan fingerprint density at radius 1 is 1.24 bits per heavy atom. The van der Waals surface area contributed by atoms with Gasteiger partial charge in [0.15, 0.2) is 14.4 Å². The lowest BCUT2D eigenvalue weighted by molar-refractivity contribution is -0.156. The van der Waals surface area contributed by atoms with Gasteiger partial charge in [-0.15, -0.1) is 0 Å². The van der Waals surface area contributed by atoms with E-state index in [4.69, 9.17) is 9.16 Å². The van der Waals surface area contributed by atoms with Crippen LogP contribution in [0.25, 0.3) is 0 Å². The third kappa shape index (κ3) is 5.61. The summed E-state index contributed by atoms with van der Waals surface area (Å²) >= 11 is 0. The molecule has 0 bridgehead atoms. The Morgan fingerprint density at radius 2 is 1.81 bits per heavy atom. The average Bonchev–Trinajstić information content (AvgIpc) is 2.42. The molecule has 0 aliphatic carbocycles. The fourth-order valence-corrected chi connectivity index (χ4v) is 2.40. The Hall–Kier alpha value is -1.17. The molecule has 0 heterocycles. The average molecular weight is 310 g/mol. The van der Waals surface area contributed by atoms with Gasteiger partial charge in [-0.05, 0) is 23.7 Å². The molecule has 0 aliphatic heterocycles. The minimum atomic E-state index is -1.97. The van der Waals surface area contributed by atoms with Gasteiger partial charge >= 0.3 is 5.97 Å². The second kappa shape index (κ2) is 7.20. The molecule has 21 heavy (non-hydrogen) atoms. The molecule has 1 aromatic rings. The quantitative estimate of drug-likeness (QED) is 0.648. The molecule has 0 radical (unpaired) electrons. The molecule has 0 amide bonds. The first-order chi connectivity index (χ1) is 9.63. The topological polar surface area (TPSA) is 55.8 Å². The summed E-state index contributed by atoms with van der Waals surface area (Å²) < 4.78 is 10.9. The van der Waals surface area contributed by atoms with Crippen molar-refractivity contribution in [3.05, 3.63) is 35.9 Å². The number of esters is 1. The highest BCUT2D eigenvalue weighted by atomic mass is 28.4. The van der Waals surface area contributed by atoms with E-state index in [1.807, 2.05) is 30.3 Å². The van der Waals surface area contributed by atoms with Crippen LogP contribution < -0.4 is 0 Å². The van der Waals surface area contributed by atoms with Crippen molar-refractivity contribution in [3.63, 3.8) is 0 Å². The summed E-state index contributed by atoms with van der Waals surface area (Å²) in [4.78, 5) is 11.7. The van der Waals surface area contributed by atoms with Crippen molar-refractivity contribution in [2.24, 2.45) is 0 Å². The summed E-state index contributed by atoms with van der Waals surface area (Å²) in [6.07, 6.45) is -1.23. The second-order valence-corrected chi connectivity index (χ2v) is 11.5. The molecule has 0 saturated heterocycles. The van der Waals surface area contributed by atoms with Gasteiger partial charge in [-0.25, -0.2) is 4.79 Å². The first kappa shape index (κ1) is 17.9. The molecule has 4 nitrogen and oxygen atoms in total. The summed E-state index contributed by atoms with van der Waals surface area (Å²) in [5.74, 6) is -0.641. The number of rotatable bonds is 6. The molecule has 5 heteroatoms. The van der Waals surface area contributed by atoms with Gasteiger partial charge in [0.05, 0.1) is 6.61 Å². The van der Waals surface area contributed by atoms with Gasteiger partial charge < -0.3 is 14.3 Å². The molecule has 118 valence electrons. The summed E-state index contributed by atoms with van der Waals surface area (Å²) in [6, 6.07) is 9.38. The normalized spacial score (nSPS) is 13.8. The monoisotopic (exact) mass is 310 g/mol. The van der Waals surface area contributed by atoms with Crippen molar-refractivity contribution in [1.82, 2.24) is 0 Å². The number of hydrogen-bond donors (Lipinski definition) is 1. The van der Waals surface area contributed by atoms with Crippen molar-refractivity contribution in [2.45, 2.75) is 51.6 Å². The van der Waals surface area contributed by atoms with Crippen molar-refractivity contribution < 1.29 is 19.1 Å². The molecular weight excluding hydrogens is 284 g/mol. The van der Waals surface area contributed by atoms with Gasteiger partial charge in [0, 0.05) is 0 Å². The zero-order valence-corrected chi connectivity index (χ0v) is 14.6. The predicted molar refractivity (Wildman–Crippen MR) is 85.4 cm³/mol. The Kier molecular flexibility index (Phi) is 6.13. The number of hydrogen-bond acceptors (Lipinski definition) is 4. The predicted octanol–water partition coefficient (Wildman–Crippen LogP) is 3.11. The Bertz CT molecular complexity index is 451. The molecule has 0 aromatic heterocycles. The van der Waals surface area contributed by atoms with Gasteiger partial charge in [0.2, 0.25) is 0 Å². The molecule has 0 saturated carbocycles. The van der Waals surface area contributed by atoms with Gasteiger partial charge in [-0.1, -0.05) is 51.1 Å². The molecule has 0 fully saturated rings. The minimum Gasteiger partial charge on any atom is -0.459 e. The van der Waals surface area contributed by atoms with Crippen LogP contribution in [0.5, 0.6) is 0 Å². The Labute approximate surface area is 128 Å². The highest BCUT2D eigenvalue weighted by Gasteiger charge is 2.38. The number of carbonyl (C=O) groups is 1. The maximum atomic E-state index is 11.7. The van der Waals surface area contributed by atoms with E-state index in [1.165, 1.54) is 0 Å². The molecular formula is C16H26O4Si. The maximum Gasteiger partial charge on any atom is 0.337 e. The molecule has 0 spiro atoms. The van der Waals surface area contributed by atoms with E-state index >= 15 is 0 Å². The SMILES string of the molecule is CC(C)(C)[Si](C)(C)OC[C@H](O)C(=O)OCc1ccccc1. The third-order valence-electron chi connectivity index (χ3n) is 3.90. The van der Waals surface area contributed by atoms with Crippen molar-refractivity contribution in [1.29, 1.82) is 0 Å². The fraction of sp³-hybridized carbons (Fsp3) is 0.562. The first-order valence-corrected chi connectivity index (χ1v) is 10.1. The number of aliphatic hydroxyl groups is 1. The molecule has 0 aliphatic rings. The smallest absolute Gasteiger partial charge is 0.337 e. The molecule has 1 rings (SSSR count). The van der Waals surface area contributed by atoms with Crippen LogP contribution in [0.3, 0.4) is 0 Å². The van der Waals surface area contributed by atoms with E-state index in [-0.39, 0.29) is 18.3 Å². The lowest BCUT2D eigenvalue weighted by atomic mass is 10.2. The van der Waals surface area contributed by atoms with E-state index < -0.39 is 20.4 Å². The van der Waals surface area contributed by atoms with Crippen molar-refractivity contribution in [3.8, 4) is 0 Å². The summed E-state index contributed by atoms with van der Waals surface area (Å²) in [5.41, 5.74) is 0.892. The van der Waals surface area contributed by atoms with Crippen LogP contribution >= 0.6 is 0 Å². The Morgan fingerprint density at radius 3 is 2.33 bits per heavy atom. The fourth-order valence-electron chi connectivity index (χ4n) is 1.40. The summed E-state index contributed by atoms with van der Waals surface area (Å²) in [6.45, 7) is 10.6. The molecule has 1 atom stereocenters. The molecule has 1 N–H and O–H groups in total. The van der Waals surface area contributed by atoms with Crippen LogP contribution in [0.2, 0.25) is 18.1 Å². The van der Waals surface area contributed by atoms with Crippen LogP contribution in [-0.2, 0) is 20.6 Å². The highest BCUT2D eigenvalue weighted by molar-refractivity contribution is 6.74. The number of carbonyl (C=O) groups excluding carboxylic acids is 1. The van der Waals surface area contributed by atoms with Crippen LogP contribution in [-0.4, -0.2) is 32.1 Å². The molecule has 1 aromatic carbocycles. The number of benzene rings is 1. The standard InChI is InChI=1S/C16H26O4Si/c1-16(2,3)21(4,5)20-12-14(17)15(18)19-11-13-9-7-6-8-10-13/h6-10,14,17H,11-12H2,1-5H3/t14-/m0/s1. The van der Waals surface area contributed by atoms with Crippen molar-refractivity contribution in [2.75, 3.05) is 6.61 Å². The number of aliphatic hydroxyl groups excluding tert-OH is 1. The van der Waals surface area contributed by atoms with E-state index in [1.54, 1.807) is 0 Å². The lowest BCUT2D eigenvalue weighted by Gasteiger charge is -2.36. The van der Waals surface area contributed by atoms with Crippen molar-refractivity contribution >= 4 is 14.3 Å². The van der Waals surface area contributed by atoms with E-state index in [2.05, 4.69) is 33.9 Å². The van der Waals surface area contributed by atoms with E-state index in [0.717, 1.165) is 5.56 Å². The van der Waals surface area contributed by atoms with Crippen LogP contribution in [0, 0.1) is 0 Å². The zero-order valence-electron chi connectivity index (χ0n) is 13.6. The largest absolute Gasteiger partial charge is 0.459 e. The van der Waals surface area contributed by atoms with E-state index in [9.17, 15) is 9.90 Å². The zero-order chi connectivity index (χ0) is 16.1. The van der Waals surface area contributed by atoms with E-state index in [0.29, 0.717) is 0 Å². The summed E-state index contributed by atoms with van der Waals surface area (Å²) in [7, 11) is -1.97. The third-order valence-corrected chi connectivity index (χ3v) is 8.40. The van der Waals surface area contributed by atoms with Gasteiger partial charge in [0.25, 0.3) is 0 Å². The van der Waals surface area contributed by atoms with Crippen LogP contribution in [0.15, 0.2) is 30.3 Å². The highest BCUT2D eigenvalue weighted by Crippen LogP contribution is 2.36. The van der Waals surface area contributed by atoms with Gasteiger partial charge in [0.1, 0.15) is 6.61 Å². The van der Waals surface area contributed by atoms with Gasteiger partial charge in [-0.2, -0.15) is 0 Å². The maximum absolute atomic E-state index is 11.7. The first-order valence-electron chi connectivity index (χ1n) is 7.16. The minimum absolute atomic E-state index is 0.00981. The lowest BCUT2D eigenvalue weighted by Crippen LogP contribution is -2.44. The summed E-state index contributed by atoms with van der Waals surface area (Å²) in [5, 5.41) is 9.89. The van der Waals surface area contributed by atoms with Gasteiger partial charge in [-0.3, -0.25) is 0 Å². The Balaban J connectivity index is 2.42.